The standard InChI is InChI=1S/C26H31OPSi.Pd/c29-26(18-7-8-20-27-26)19-10-12-22-11-9-17-25(21-22)28(23-13-3-1-4-14-23)24-15-5-2-6-16-24;/h1-6,9,11,13-17,21H,7-8,10,12,18-20H2,29H3;. The summed E-state index contributed by atoms with van der Waals surface area (Å²) in [6.45, 7) is 0.970. The van der Waals surface area contributed by atoms with Gasteiger partial charge in [0.1, 0.15) is 0 Å². The molecule has 0 aliphatic carbocycles. The minimum Gasteiger partial charge on any atom is -0.380 e. The van der Waals surface area contributed by atoms with Crippen LogP contribution in [0.5, 0.6) is 0 Å². The molecule has 1 fully saturated rings. The second kappa shape index (κ2) is 11.5. The van der Waals surface area contributed by atoms with E-state index in [9.17, 15) is 0 Å². The minimum absolute atomic E-state index is 0. The van der Waals surface area contributed by atoms with Crippen molar-refractivity contribution in [1.82, 2.24) is 0 Å². The van der Waals surface area contributed by atoms with Gasteiger partial charge < -0.3 is 4.74 Å². The second-order valence-electron chi connectivity index (χ2n) is 8.29. The van der Waals surface area contributed by atoms with Crippen LogP contribution in [0.15, 0.2) is 84.9 Å². The van der Waals surface area contributed by atoms with Gasteiger partial charge in [0, 0.05) is 42.5 Å². The Labute approximate surface area is 199 Å². The molecule has 3 aromatic rings. The predicted octanol–water partition coefficient (Wildman–Crippen LogP) is 4.03. The quantitative estimate of drug-likeness (QED) is 0.335. The van der Waals surface area contributed by atoms with E-state index in [1.54, 1.807) is 0 Å². The number of benzene rings is 3. The Kier molecular flexibility index (Phi) is 9.06. The zero-order chi connectivity index (χ0) is 19.9. The van der Waals surface area contributed by atoms with Crippen LogP contribution in [0.2, 0.25) is 0 Å². The van der Waals surface area contributed by atoms with Gasteiger partial charge in [-0.2, -0.15) is 0 Å². The van der Waals surface area contributed by atoms with E-state index in [0.29, 0.717) is 0 Å². The smallest absolute Gasteiger partial charge is 0.0486 e. The molecule has 1 aliphatic rings. The Morgan fingerprint density at radius 3 is 2.03 bits per heavy atom. The van der Waals surface area contributed by atoms with Crippen LogP contribution < -0.4 is 15.9 Å². The fourth-order valence-electron chi connectivity index (χ4n) is 4.31. The van der Waals surface area contributed by atoms with Gasteiger partial charge >= 0.3 is 0 Å². The first-order valence-corrected chi connectivity index (χ1v) is 13.2. The van der Waals surface area contributed by atoms with Crippen LogP contribution in [0.3, 0.4) is 0 Å². The average Bonchev–Trinajstić information content (AvgIpc) is 2.76. The molecule has 30 heavy (non-hydrogen) atoms. The molecule has 4 heteroatoms. The van der Waals surface area contributed by atoms with E-state index in [1.807, 2.05) is 0 Å². The summed E-state index contributed by atoms with van der Waals surface area (Å²) in [7, 11) is 0.632. The molecule has 160 valence electrons. The van der Waals surface area contributed by atoms with Crippen molar-refractivity contribution in [3.8, 4) is 0 Å². The van der Waals surface area contributed by atoms with Crippen LogP contribution in [-0.4, -0.2) is 22.1 Å². The van der Waals surface area contributed by atoms with Gasteiger partial charge in [0.15, 0.2) is 0 Å². The van der Waals surface area contributed by atoms with Crippen molar-refractivity contribution in [3.05, 3.63) is 90.5 Å². The first kappa shape index (κ1) is 23.6. The fourth-order valence-corrected chi connectivity index (χ4v) is 7.58. The number of ether oxygens (including phenoxy) is 1. The van der Waals surface area contributed by atoms with Gasteiger partial charge in [-0.05, 0) is 67.9 Å². The fraction of sp³-hybridized carbons (Fsp3) is 0.308. The molecular weight excluding hydrogens is 494 g/mol. The van der Waals surface area contributed by atoms with Crippen molar-refractivity contribution in [2.24, 2.45) is 0 Å². The van der Waals surface area contributed by atoms with Crippen LogP contribution >= 0.6 is 7.92 Å². The molecule has 0 aromatic heterocycles. The van der Waals surface area contributed by atoms with E-state index in [4.69, 9.17) is 4.74 Å². The maximum Gasteiger partial charge on any atom is 0.0486 e. The van der Waals surface area contributed by atoms with Crippen molar-refractivity contribution in [2.75, 3.05) is 6.61 Å². The van der Waals surface area contributed by atoms with Gasteiger partial charge in [-0.25, -0.2) is 0 Å². The van der Waals surface area contributed by atoms with Crippen LogP contribution in [-0.2, 0) is 31.6 Å². The first-order valence-electron chi connectivity index (χ1n) is 10.9. The number of rotatable bonds is 7. The van der Waals surface area contributed by atoms with E-state index in [-0.39, 0.29) is 25.6 Å². The summed E-state index contributed by atoms with van der Waals surface area (Å²) >= 11 is 0. The second-order valence-corrected chi connectivity index (χ2v) is 12.3. The third kappa shape index (κ3) is 6.23. The van der Waals surface area contributed by atoms with Crippen LogP contribution in [0, 0.1) is 0 Å². The molecule has 0 N–H and O–H groups in total. The first-order chi connectivity index (χ1) is 14.2. The van der Waals surface area contributed by atoms with E-state index in [0.717, 1.165) is 23.3 Å². The van der Waals surface area contributed by atoms with Crippen molar-refractivity contribution in [2.45, 2.75) is 43.7 Å². The summed E-state index contributed by atoms with van der Waals surface area (Å²) in [6, 6.07) is 31.3. The molecule has 0 radical (unpaired) electrons. The van der Waals surface area contributed by atoms with Crippen molar-refractivity contribution < 1.29 is 25.2 Å². The molecule has 1 saturated heterocycles. The summed E-state index contributed by atoms with van der Waals surface area (Å²) in [5.74, 6) is 0. The molecule has 0 bridgehead atoms. The molecule has 1 heterocycles. The number of hydrogen-bond acceptors (Lipinski definition) is 1. The zero-order valence-electron chi connectivity index (χ0n) is 17.7. The normalized spacial score (nSPS) is 18.8. The molecule has 1 unspecified atom stereocenters. The maximum absolute atomic E-state index is 6.15. The molecule has 0 saturated carbocycles. The van der Waals surface area contributed by atoms with Crippen LogP contribution in [0.1, 0.15) is 37.7 Å². The predicted molar refractivity (Wildman–Crippen MR) is 131 cm³/mol. The minimum atomic E-state index is -0.517. The van der Waals surface area contributed by atoms with E-state index < -0.39 is 7.92 Å². The Morgan fingerprint density at radius 1 is 0.800 bits per heavy atom. The zero-order valence-corrected chi connectivity index (χ0v) is 22.2. The summed E-state index contributed by atoms with van der Waals surface area (Å²) in [5, 5.41) is 4.51. The Hall–Kier alpha value is -1.07. The molecule has 0 amide bonds. The number of aryl methyl sites for hydroxylation is 1. The molecule has 4 rings (SSSR count). The monoisotopic (exact) mass is 524 g/mol. The third-order valence-corrected chi connectivity index (χ3v) is 9.63. The summed E-state index contributed by atoms with van der Waals surface area (Å²) in [4.78, 5) is 0. The van der Waals surface area contributed by atoms with E-state index in [2.05, 4.69) is 84.9 Å². The van der Waals surface area contributed by atoms with Gasteiger partial charge in [0.25, 0.3) is 0 Å². The topological polar surface area (TPSA) is 9.23 Å². The van der Waals surface area contributed by atoms with Gasteiger partial charge in [-0.15, -0.1) is 0 Å². The Morgan fingerprint density at radius 2 is 1.43 bits per heavy atom. The van der Waals surface area contributed by atoms with Crippen molar-refractivity contribution in [1.29, 1.82) is 0 Å². The summed E-state index contributed by atoms with van der Waals surface area (Å²) in [5.41, 5.74) is 1.46. The average molecular weight is 525 g/mol. The number of hydrogen-bond donors (Lipinski definition) is 0. The van der Waals surface area contributed by atoms with Crippen molar-refractivity contribution >= 4 is 34.1 Å². The largest absolute Gasteiger partial charge is 0.380 e. The van der Waals surface area contributed by atoms with E-state index in [1.165, 1.54) is 53.6 Å². The molecular formula is C26H31OPPdSi. The molecule has 1 nitrogen and oxygen atoms in total. The third-order valence-electron chi connectivity index (χ3n) is 5.92. The summed E-state index contributed by atoms with van der Waals surface area (Å²) in [6.07, 6.45) is 7.45. The van der Waals surface area contributed by atoms with Gasteiger partial charge in [0.05, 0.1) is 0 Å². The van der Waals surface area contributed by atoms with Crippen LogP contribution in [0.25, 0.3) is 0 Å². The van der Waals surface area contributed by atoms with E-state index >= 15 is 0 Å². The molecule has 1 aliphatic heterocycles. The van der Waals surface area contributed by atoms with Gasteiger partial charge in [-0.3, -0.25) is 0 Å². The maximum atomic E-state index is 6.15. The van der Waals surface area contributed by atoms with Gasteiger partial charge in [-0.1, -0.05) is 84.9 Å². The Bertz CT molecular complexity index is 858. The van der Waals surface area contributed by atoms with Crippen molar-refractivity contribution in [3.63, 3.8) is 0 Å². The molecule has 1 atom stereocenters. The summed E-state index contributed by atoms with van der Waals surface area (Å²) < 4.78 is 6.15. The van der Waals surface area contributed by atoms with Gasteiger partial charge in [0.2, 0.25) is 0 Å². The SMILES string of the molecule is [Pd].[SiH3]C1(CCCc2cccc(P(c3ccccc3)c3ccccc3)c2)CCCCO1. The van der Waals surface area contributed by atoms with Crippen LogP contribution in [0.4, 0.5) is 0 Å². The Balaban J connectivity index is 0.00000256. The molecule has 3 aromatic carbocycles. The molecule has 0 spiro atoms.